The van der Waals surface area contributed by atoms with Gasteiger partial charge in [-0.25, -0.2) is 0 Å². The summed E-state index contributed by atoms with van der Waals surface area (Å²) in [4.78, 5) is 2.43. The molecule has 0 aliphatic carbocycles. The number of nitrogens with zero attached hydrogens (tertiary/aromatic N) is 1. The van der Waals surface area contributed by atoms with Gasteiger partial charge in [0.25, 0.3) is 0 Å². The molecule has 0 radical (unpaired) electrons. The second-order valence-corrected chi connectivity index (χ2v) is 5.26. The molecule has 0 atom stereocenters. The minimum Gasteiger partial charge on any atom is -0.376 e. The highest BCUT2D eigenvalue weighted by Crippen LogP contribution is 1.91. The highest BCUT2D eigenvalue weighted by molar-refractivity contribution is 6.36. The van der Waals surface area contributed by atoms with Crippen LogP contribution in [-0.2, 0) is 13.3 Å². The molecule has 0 spiro atoms. The fourth-order valence-corrected chi connectivity index (χ4v) is 2.51. The number of hydrogen-bond donors (Lipinski definition) is 0. The van der Waals surface area contributed by atoms with Crippen LogP contribution < -0.4 is 0 Å². The Kier molecular flexibility index (Phi) is 19.3. The number of rotatable bonds is 10. The van der Waals surface area contributed by atoms with Gasteiger partial charge < -0.3 is 18.2 Å². The monoisotopic (exact) mass is 279 g/mol. The lowest BCUT2D eigenvalue weighted by atomic mass is 10.4. The van der Waals surface area contributed by atoms with Gasteiger partial charge in [0.1, 0.15) is 0 Å². The molecule has 0 saturated heterocycles. The maximum Gasteiger partial charge on any atom is 0.484 e. The van der Waals surface area contributed by atoms with E-state index < -0.39 is 9.53 Å². The summed E-state index contributed by atoms with van der Waals surface area (Å²) in [5.74, 6) is 0. The zero-order valence-corrected chi connectivity index (χ0v) is 14.4. The first-order valence-electron chi connectivity index (χ1n) is 7.26. The summed E-state index contributed by atoms with van der Waals surface area (Å²) >= 11 is 0. The maximum atomic E-state index is 5.22. The van der Waals surface area contributed by atoms with Crippen molar-refractivity contribution >= 4 is 9.53 Å². The molecule has 0 N–H and O–H groups in total. The summed E-state index contributed by atoms with van der Waals surface area (Å²) in [6.07, 6.45) is 1.28. The lowest BCUT2D eigenvalue weighted by molar-refractivity contribution is 0.107. The van der Waals surface area contributed by atoms with Crippen LogP contribution in [0.1, 0.15) is 48.0 Å². The molecule has 0 unspecified atom stereocenters. The van der Waals surface area contributed by atoms with Crippen LogP contribution in [0.3, 0.4) is 0 Å². The maximum absolute atomic E-state index is 5.22. The van der Waals surface area contributed by atoms with Gasteiger partial charge in [0, 0.05) is 19.8 Å². The van der Waals surface area contributed by atoms with Crippen LogP contribution in [0.5, 0.6) is 0 Å². The summed E-state index contributed by atoms with van der Waals surface area (Å²) in [5, 5.41) is 0. The van der Waals surface area contributed by atoms with Gasteiger partial charge in [-0.1, -0.05) is 20.8 Å². The van der Waals surface area contributed by atoms with Gasteiger partial charge in [-0.05, 0) is 46.8 Å². The zero-order chi connectivity index (χ0) is 14.2. The minimum absolute atomic E-state index is 0.677. The van der Waals surface area contributed by atoms with Crippen LogP contribution in [0.25, 0.3) is 0 Å². The van der Waals surface area contributed by atoms with Crippen LogP contribution in [0.4, 0.5) is 0 Å². The van der Waals surface area contributed by atoms with E-state index in [-0.39, 0.29) is 0 Å². The van der Waals surface area contributed by atoms with Crippen molar-refractivity contribution in [3.8, 4) is 0 Å². The van der Waals surface area contributed by atoms with Crippen LogP contribution in [-0.4, -0.2) is 53.9 Å². The molecule has 0 aromatic heterocycles. The van der Waals surface area contributed by atoms with Crippen molar-refractivity contribution in [3.63, 3.8) is 0 Å². The first-order valence-corrected chi connectivity index (χ1v) is 8.68. The molecule has 0 amide bonds. The first kappa shape index (κ1) is 20.4. The topological polar surface area (TPSA) is 30.9 Å². The zero-order valence-electron chi connectivity index (χ0n) is 13.2. The third-order valence-corrected chi connectivity index (χ3v) is 4.16. The molecule has 5 heteroatoms. The van der Waals surface area contributed by atoms with Gasteiger partial charge in [-0.3, -0.25) is 0 Å². The Morgan fingerprint density at radius 3 is 1.28 bits per heavy atom. The fourth-order valence-electron chi connectivity index (χ4n) is 1.41. The fraction of sp³-hybridized carbons (Fsp3) is 1.00. The molecule has 0 fully saturated rings. The second kappa shape index (κ2) is 17.1. The molecular weight excluding hydrogens is 246 g/mol. The Morgan fingerprint density at radius 1 is 0.722 bits per heavy atom. The Hall–Kier alpha value is 0.0569. The van der Waals surface area contributed by atoms with E-state index in [9.17, 15) is 0 Å². The SMILES string of the molecule is CCCN(CC)CC.CCO[SiH](OCC)OCC. The molecule has 0 aromatic carbocycles. The van der Waals surface area contributed by atoms with Gasteiger partial charge in [0.15, 0.2) is 0 Å². The molecule has 0 bridgehead atoms. The minimum atomic E-state index is -1.73. The molecule has 112 valence electrons. The standard InChI is InChI=1S/C7H17N.C6H16O3Si/c1-4-7-8(5-2)6-3;1-4-7-10(8-5-2)9-6-3/h4-7H2,1-3H3;10H,4-6H2,1-3H3. The van der Waals surface area contributed by atoms with Crippen LogP contribution in [0.15, 0.2) is 0 Å². The third kappa shape index (κ3) is 14.1. The summed E-state index contributed by atoms with van der Waals surface area (Å²) in [6.45, 7) is 18.1. The van der Waals surface area contributed by atoms with Crippen molar-refractivity contribution in [2.75, 3.05) is 39.5 Å². The van der Waals surface area contributed by atoms with Gasteiger partial charge in [0.05, 0.1) is 0 Å². The van der Waals surface area contributed by atoms with E-state index >= 15 is 0 Å². The molecule has 0 aliphatic rings. The van der Waals surface area contributed by atoms with Crippen molar-refractivity contribution in [3.05, 3.63) is 0 Å². The Bertz CT molecular complexity index is 132. The van der Waals surface area contributed by atoms with E-state index in [1.165, 1.54) is 26.1 Å². The summed E-state index contributed by atoms with van der Waals surface area (Å²) in [5.41, 5.74) is 0. The Labute approximate surface area is 116 Å². The highest BCUT2D eigenvalue weighted by Gasteiger charge is 2.11. The third-order valence-electron chi connectivity index (χ3n) is 2.34. The van der Waals surface area contributed by atoms with Crippen LogP contribution >= 0.6 is 0 Å². The van der Waals surface area contributed by atoms with E-state index in [4.69, 9.17) is 13.3 Å². The van der Waals surface area contributed by atoms with Crippen molar-refractivity contribution < 1.29 is 13.3 Å². The Morgan fingerprint density at radius 2 is 1.11 bits per heavy atom. The van der Waals surface area contributed by atoms with Gasteiger partial charge >= 0.3 is 9.53 Å². The summed E-state index contributed by atoms with van der Waals surface area (Å²) in [7, 11) is -1.73. The molecule has 4 nitrogen and oxygen atoms in total. The molecular formula is C13H33NO3Si. The van der Waals surface area contributed by atoms with E-state index in [0.29, 0.717) is 19.8 Å². The highest BCUT2D eigenvalue weighted by atomic mass is 28.3. The molecule has 18 heavy (non-hydrogen) atoms. The summed E-state index contributed by atoms with van der Waals surface area (Å²) < 4.78 is 15.7. The largest absolute Gasteiger partial charge is 0.484 e. The average molecular weight is 279 g/mol. The van der Waals surface area contributed by atoms with E-state index in [1.807, 2.05) is 20.8 Å². The normalized spacial score (nSPS) is 10.7. The van der Waals surface area contributed by atoms with Crippen molar-refractivity contribution in [2.45, 2.75) is 48.0 Å². The van der Waals surface area contributed by atoms with E-state index in [0.717, 1.165) is 0 Å². The molecule has 0 aliphatic heterocycles. The van der Waals surface area contributed by atoms with Crippen LogP contribution in [0.2, 0.25) is 0 Å². The smallest absolute Gasteiger partial charge is 0.376 e. The quantitative estimate of drug-likeness (QED) is 0.575. The first-order chi connectivity index (χ1) is 8.69. The average Bonchev–Trinajstić information content (AvgIpc) is 2.38. The van der Waals surface area contributed by atoms with Crippen molar-refractivity contribution in [2.24, 2.45) is 0 Å². The molecule has 0 rings (SSSR count). The van der Waals surface area contributed by atoms with Crippen LogP contribution in [0, 0.1) is 0 Å². The van der Waals surface area contributed by atoms with E-state index in [2.05, 4.69) is 25.7 Å². The van der Waals surface area contributed by atoms with Gasteiger partial charge in [-0.2, -0.15) is 0 Å². The second-order valence-electron chi connectivity index (χ2n) is 3.68. The predicted molar refractivity (Wildman–Crippen MR) is 80.1 cm³/mol. The van der Waals surface area contributed by atoms with Gasteiger partial charge in [0.2, 0.25) is 0 Å². The lowest BCUT2D eigenvalue weighted by Gasteiger charge is -2.15. The van der Waals surface area contributed by atoms with Crippen molar-refractivity contribution in [1.82, 2.24) is 4.90 Å². The van der Waals surface area contributed by atoms with Crippen molar-refractivity contribution in [1.29, 1.82) is 0 Å². The lowest BCUT2D eigenvalue weighted by Crippen LogP contribution is -2.27. The van der Waals surface area contributed by atoms with E-state index in [1.54, 1.807) is 0 Å². The number of hydrogen-bond acceptors (Lipinski definition) is 4. The summed E-state index contributed by atoms with van der Waals surface area (Å²) in [6, 6.07) is 0. The van der Waals surface area contributed by atoms with Gasteiger partial charge in [-0.15, -0.1) is 0 Å². The molecule has 0 saturated carbocycles. The predicted octanol–water partition coefficient (Wildman–Crippen LogP) is 2.55. The molecule has 0 heterocycles. The Balaban J connectivity index is 0. The molecule has 0 aromatic rings.